The molecule has 84 valence electrons. The summed E-state index contributed by atoms with van der Waals surface area (Å²) in [7, 11) is 0. The van der Waals surface area contributed by atoms with Crippen LogP contribution in [0.3, 0.4) is 0 Å². The Kier molecular flexibility index (Phi) is 2.78. The first kappa shape index (κ1) is 10.6. The molecule has 0 spiro atoms. The second-order valence-corrected chi connectivity index (χ2v) is 5.44. The van der Waals surface area contributed by atoms with Crippen molar-refractivity contribution in [2.45, 2.75) is 46.1 Å². The van der Waals surface area contributed by atoms with Crippen LogP contribution in [0.5, 0.6) is 0 Å². The van der Waals surface area contributed by atoms with Crippen molar-refractivity contribution in [2.75, 3.05) is 6.54 Å². The van der Waals surface area contributed by atoms with E-state index in [9.17, 15) is 0 Å². The van der Waals surface area contributed by atoms with Gasteiger partial charge in [0, 0.05) is 6.42 Å². The summed E-state index contributed by atoms with van der Waals surface area (Å²) in [5, 5.41) is 7.37. The molecule has 0 saturated carbocycles. The van der Waals surface area contributed by atoms with E-state index in [0.717, 1.165) is 31.1 Å². The molecule has 1 atom stereocenters. The van der Waals surface area contributed by atoms with Crippen LogP contribution in [0.25, 0.3) is 0 Å². The predicted octanol–water partition coefficient (Wildman–Crippen LogP) is 2.08. The summed E-state index contributed by atoms with van der Waals surface area (Å²) in [6.45, 7) is 7.59. The van der Waals surface area contributed by atoms with Crippen LogP contribution in [0.2, 0.25) is 0 Å². The third-order valence-electron chi connectivity index (χ3n) is 2.53. The number of nitrogens with one attached hydrogen (secondary N) is 1. The molecule has 1 aliphatic rings. The van der Waals surface area contributed by atoms with E-state index < -0.39 is 0 Å². The first-order valence-electron chi connectivity index (χ1n) is 5.60. The van der Waals surface area contributed by atoms with E-state index >= 15 is 0 Å². The first-order chi connectivity index (χ1) is 7.04. The van der Waals surface area contributed by atoms with Crippen molar-refractivity contribution in [3.8, 4) is 0 Å². The molecule has 1 aliphatic heterocycles. The molecular weight excluding hydrogens is 190 g/mol. The molecule has 4 heteroatoms. The molecule has 0 bridgehead atoms. The Morgan fingerprint density at radius 1 is 1.47 bits per heavy atom. The summed E-state index contributed by atoms with van der Waals surface area (Å²) < 4.78 is 5.27. The number of rotatable bonds is 2. The molecule has 0 aromatic carbocycles. The van der Waals surface area contributed by atoms with Crippen LogP contribution in [-0.2, 0) is 6.42 Å². The molecule has 1 aromatic heterocycles. The zero-order chi connectivity index (χ0) is 10.9. The van der Waals surface area contributed by atoms with E-state index in [1.54, 1.807) is 0 Å². The quantitative estimate of drug-likeness (QED) is 0.810. The third kappa shape index (κ3) is 2.78. The van der Waals surface area contributed by atoms with Gasteiger partial charge in [0.25, 0.3) is 0 Å². The van der Waals surface area contributed by atoms with Crippen molar-refractivity contribution < 1.29 is 4.52 Å². The van der Waals surface area contributed by atoms with Crippen molar-refractivity contribution in [3.63, 3.8) is 0 Å². The average Bonchev–Trinajstić information content (AvgIpc) is 2.68. The van der Waals surface area contributed by atoms with Gasteiger partial charge >= 0.3 is 0 Å². The van der Waals surface area contributed by atoms with Gasteiger partial charge in [-0.3, -0.25) is 0 Å². The smallest absolute Gasteiger partial charge is 0.243 e. The minimum Gasteiger partial charge on any atom is -0.338 e. The highest BCUT2D eigenvalue weighted by Gasteiger charge is 2.23. The summed E-state index contributed by atoms with van der Waals surface area (Å²) in [6.07, 6.45) is 3.17. The summed E-state index contributed by atoms with van der Waals surface area (Å²) in [5.41, 5.74) is 0.213. The highest BCUT2D eigenvalue weighted by Crippen LogP contribution is 2.23. The second-order valence-electron chi connectivity index (χ2n) is 5.44. The lowest BCUT2D eigenvalue weighted by Crippen LogP contribution is -2.14. The lowest BCUT2D eigenvalue weighted by atomic mass is 9.92. The van der Waals surface area contributed by atoms with Gasteiger partial charge in [0.1, 0.15) is 0 Å². The van der Waals surface area contributed by atoms with Gasteiger partial charge in [-0.2, -0.15) is 4.98 Å². The lowest BCUT2D eigenvalue weighted by Gasteiger charge is -2.14. The number of hydrogen-bond acceptors (Lipinski definition) is 4. The van der Waals surface area contributed by atoms with Gasteiger partial charge in [-0.05, 0) is 24.8 Å². The predicted molar refractivity (Wildman–Crippen MR) is 57.4 cm³/mol. The Hall–Kier alpha value is -0.900. The van der Waals surface area contributed by atoms with Crippen LogP contribution in [0.15, 0.2) is 4.52 Å². The van der Waals surface area contributed by atoms with E-state index in [4.69, 9.17) is 4.52 Å². The Bertz CT molecular complexity index is 321. The van der Waals surface area contributed by atoms with Crippen molar-refractivity contribution in [1.29, 1.82) is 0 Å². The fourth-order valence-corrected chi connectivity index (χ4v) is 1.85. The highest BCUT2D eigenvalue weighted by atomic mass is 16.5. The van der Waals surface area contributed by atoms with Crippen molar-refractivity contribution in [3.05, 3.63) is 11.7 Å². The minimum absolute atomic E-state index is 0.213. The van der Waals surface area contributed by atoms with Gasteiger partial charge < -0.3 is 9.84 Å². The summed E-state index contributed by atoms with van der Waals surface area (Å²) >= 11 is 0. The molecule has 0 aliphatic carbocycles. The molecule has 4 nitrogen and oxygen atoms in total. The lowest BCUT2D eigenvalue weighted by molar-refractivity contribution is 0.333. The van der Waals surface area contributed by atoms with Crippen molar-refractivity contribution in [2.24, 2.45) is 5.41 Å². The molecule has 0 unspecified atom stereocenters. The van der Waals surface area contributed by atoms with E-state index in [-0.39, 0.29) is 11.5 Å². The molecule has 2 rings (SSSR count). The maximum atomic E-state index is 5.27. The monoisotopic (exact) mass is 209 g/mol. The highest BCUT2D eigenvalue weighted by molar-refractivity contribution is 4.96. The van der Waals surface area contributed by atoms with E-state index in [1.807, 2.05) is 0 Å². The normalized spacial score (nSPS) is 22.2. The van der Waals surface area contributed by atoms with Crippen LogP contribution in [-0.4, -0.2) is 16.7 Å². The molecule has 0 radical (unpaired) electrons. The largest absolute Gasteiger partial charge is 0.338 e. The number of hydrogen-bond donors (Lipinski definition) is 1. The van der Waals surface area contributed by atoms with Gasteiger partial charge in [0.2, 0.25) is 5.89 Å². The number of nitrogens with zero attached hydrogens (tertiary/aromatic N) is 2. The summed E-state index contributed by atoms with van der Waals surface area (Å²) in [6, 6.07) is 0.284. The number of aromatic nitrogens is 2. The van der Waals surface area contributed by atoms with E-state index in [0.29, 0.717) is 0 Å². The summed E-state index contributed by atoms with van der Waals surface area (Å²) in [5.74, 6) is 1.58. The average molecular weight is 209 g/mol. The minimum atomic E-state index is 0.213. The Morgan fingerprint density at radius 3 is 2.87 bits per heavy atom. The molecular formula is C11H19N3O. The van der Waals surface area contributed by atoms with Gasteiger partial charge in [-0.15, -0.1) is 0 Å². The maximum absolute atomic E-state index is 5.27. The van der Waals surface area contributed by atoms with Crippen LogP contribution < -0.4 is 5.32 Å². The Morgan fingerprint density at radius 2 is 2.27 bits per heavy atom. The van der Waals surface area contributed by atoms with Crippen LogP contribution in [0, 0.1) is 5.41 Å². The van der Waals surface area contributed by atoms with Gasteiger partial charge in [-0.25, -0.2) is 0 Å². The van der Waals surface area contributed by atoms with Gasteiger partial charge in [0.15, 0.2) is 5.82 Å². The fraction of sp³-hybridized carbons (Fsp3) is 0.818. The van der Waals surface area contributed by atoms with Crippen LogP contribution >= 0.6 is 0 Å². The molecule has 1 fully saturated rings. The maximum Gasteiger partial charge on any atom is 0.243 e. The van der Waals surface area contributed by atoms with Crippen LogP contribution in [0.1, 0.15) is 51.4 Å². The molecule has 1 aromatic rings. The first-order valence-corrected chi connectivity index (χ1v) is 5.60. The molecule has 1 saturated heterocycles. The topological polar surface area (TPSA) is 51.0 Å². The van der Waals surface area contributed by atoms with E-state index in [2.05, 4.69) is 36.2 Å². The Balaban J connectivity index is 2.03. The molecule has 2 heterocycles. The third-order valence-corrected chi connectivity index (χ3v) is 2.53. The van der Waals surface area contributed by atoms with Crippen LogP contribution in [0.4, 0.5) is 0 Å². The van der Waals surface area contributed by atoms with Gasteiger partial charge in [-0.1, -0.05) is 25.9 Å². The fourth-order valence-electron chi connectivity index (χ4n) is 1.85. The SMILES string of the molecule is CC(C)(C)Cc1noc([C@@H]2CCCN2)n1. The molecule has 15 heavy (non-hydrogen) atoms. The standard InChI is InChI=1S/C11H19N3O/c1-11(2,3)7-9-13-10(15-14-9)8-5-4-6-12-8/h8,12H,4-7H2,1-3H3/t8-/m0/s1. The Labute approximate surface area is 90.4 Å². The van der Waals surface area contributed by atoms with E-state index in [1.165, 1.54) is 6.42 Å². The summed E-state index contributed by atoms with van der Waals surface area (Å²) in [4.78, 5) is 4.44. The van der Waals surface area contributed by atoms with Gasteiger partial charge in [0.05, 0.1) is 6.04 Å². The molecule has 0 amide bonds. The van der Waals surface area contributed by atoms with Crippen molar-refractivity contribution in [1.82, 2.24) is 15.5 Å². The second kappa shape index (κ2) is 3.93. The molecule has 1 N–H and O–H groups in total. The van der Waals surface area contributed by atoms with Crippen molar-refractivity contribution >= 4 is 0 Å². The zero-order valence-corrected chi connectivity index (χ0v) is 9.71. The zero-order valence-electron chi connectivity index (χ0n) is 9.71.